The number of aliphatic hydroxyl groups is 1. The van der Waals surface area contributed by atoms with E-state index in [9.17, 15) is 13.5 Å². The van der Waals surface area contributed by atoms with Gasteiger partial charge in [-0.15, -0.1) is 0 Å². The Labute approximate surface area is 110 Å². The molecule has 2 unspecified atom stereocenters. The number of benzene rings is 1. The average molecular weight is 322 g/mol. The number of hydrogen-bond acceptors (Lipinski definition) is 3. The van der Waals surface area contributed by atoms with Gasteiger partial charge in [-0.1, -0.05) is 22.0 Å². The SMILES string of the molecule is CC(O)CC(C)NS(=O)(=O)c1cccc(Br)c1. The maximum atomic E-state index is 12.0. The van der Waals surface area contributed by atoms with Crippen LogP contribution in [0.5, 0.6) is 0 Å². The zero-order chi connectivity index (χ0) is 13.1. The van der Waals surface area contributed by atoms with E-state index in [-0.39, 0.29) is 10.9 Å². The molecule has 96 valence electrons. The molecule has 0 spiro atoms. The van der Waals surface area contributed by atoms with E-state index in [0.29, 0.717) is 10.9 Å². The molecule has 0 aliphatic rings. The van der Waals surface area contributed by atoms with E-state index in [4.69, 9.17) is 0 Å². The summed E-state index contributed by atoms with van der Waals surface area (Å²) in [6.07, 6.45) is -0.150. The molecule has 0 saturated heterocycles. The quantitative estimate of drug-likeness (QED) is 0.870. The van der Waals surface area contributed by atoms with Gasteiger partial charge >= 0.3 is 0 Å². The first-order valence-electron chi connectivity index (χ1n) is 5.27. The lowest BCUT2D eigenvalue weighted by atomic mass is 10.2. The molecule has 2 N–H and O–H groups in total. The highest BCUT2D eigenvalue weighted by molar-refractivity contribution is 9.10. The van der Waals surface area contributed by atoms with Crippen LogP contribution in [-0.2, 0) is 10.0 Å². The lowest BCUT2D eigenvalue weighted by Gasteiger charge is -2.15. The van der Waals surface area contributed by atoms with Gasteiger partial charge in [0.15, 0.2) is 0 Å². The van der Waals surface area contributed by atoms with Crippen LogP contribution >= 0.6 is 15.9 Å². The second kappa shape index (κ2) is 5.95. The maximum Gasteiger partial charge on any atom is 0.240 e. The summed E-state index contributed by atoms with van der Waals surface area (Å²) < 4.78 is 27.2. The van der Waals surface area contributed by atoms with Gasteiger partial charge in [0, 0.05) is 10.5 Å². The molecule has 0 amide bonds. The van der Waals surface area contributed by atoms with Crippen molar-refractivity contribution in [2.24, 2.45) is 0 Å². The van der Waals surface area contributed by atoms with Crippen molar-refractivity contribution >= 4 is 26.0 Å². The third-order valence-electron chi connectivity index (χ3n) is 2.16. The number of nitrogens with one attached hydrogen (secondary N) is 1. The van der Waals surface area contributed by atoms with Crippen LogP contribution in [0, 0.1) is 0 Å². The molecule has 0 radical (unpaired) electrons. The molecule has 2 atom stereocenters. The minimum atomic E-state index is -3.52. The normalized spacial score (nSPS) is 15.5. The summed E-state index contributed by atoms with van der Waals surface area (Å²) in [6.45, 7) is 3.35. The van der Waals surface area contributed by atoms with E-state index >= 15 is 0 Å². The lowest BCUT2D eigenvalue weighted by Crippen LogP contribution is -2.34. The Morgan fingerprint density at radius 3 is 2.59 bits per heavy atom. The monoisotopic (exact) mass is 321 g/mol. The highest BCUT2D eigenvalue weighted by Crippen LogP contribution is 2.16. The highest BCUT2D eigenvalue weighted by Gasteiger charge is 2.18. The molecule has 0 aliphatic heterocycles. The van der Waals surface area contributed by atoms with Crippen LogP contribution in [0.25, 0.3) is 0 Å². The number of hydrogen-bond donors (Lipinski definition) is 2. The molecule has 0 aliphatic carbocycles. The minimum absolute atomic E-state index is 0.212. The van der Waals surface area contributed by atoms with E-state index in [2.05, 4.69) is 20.7 Å². The fourth-order valence-corrected chi connectivity index (χ4v) is 3.38. The summed E-state index contributed by atoms with van der Waals surface area (Å²) in [5.74, 6) is 0. The van der Waals surface area contributed by atoms with Gasteiger partial charge < -0.3 is 5.11 Å². The summed E-state index contributed by atoms with van der Waals surface area (Å²) in [4.78, 5) is 0.212. The van der Waals surface area contributed by atoms with Crippen molar-refractivity contribution < 1.29 is 13.5 Å². The third kappa shape index (κ3) is 4.75. The summed E-state index contributed by atoms with van der Waals surface area (Å²) in [7, 11) is -3.52. The molecule has 0 bridgehead atoms. The summed E-state index contributed by atoms with van der Waals surface area (Å²) in [5, 5.41) is 9.19. The van der Waals surface area contributed by atoms with Crippen molar-refractivity contribution in [2.75, 3.05) is 0 Å². The van der Waals surface area contributed by atoms with Crippen LogP contribution in [-0.4, -0.2) is 25.7 Å². The first-order chi connectivity index (χ1) is 7.81. The molecule has 0 saturated carbocycles. The van der Waals surface area contributed by atoms with Gasteiger partial charge in [-0.3, -0.25) is 0 Å². The summed E-state index contributed by atoms with van der Waals surface area (Å²) >= 11 is 3.23. The van der Waals surface area contributed by atoms with Crippen LogP contribution < -0.4 is 4.72 Å². The van der Waals surface area contributed by atoms with Crippen LogP contribution in [0.4, 0.5) is 0 Å². The van der Waals surface area contributed by atoms with Crippen LogP contribution in [0.2, 0.25) is 0 Å². The minimum Gasteiger partial charge on any atom is -0.393 e. The Hall–Kier alpha value is -0.430. The Bertz CT molecular complexity index is 473. The predicted molar refractivity (Wildman–Crippen MR) is 70.2 cm³/mol. The predicted octanol–water partition coefficient (Wildman–Crippen LogP) is 1.89. The van der Waals surface area contributed by atoms with Crippen molar-refractivity contribution in [1.82, 2.24) is 4.72 Å². The van der Waals surface area contributed by atoms with Gasteiger partial charge in [0.1, 0.15) is 0 Å². The molecule has 17 heavy (non-hydrogen) atoms. The van der Waals surface area contributed by atoms with Gasteiger partial charge in [0.25, 0.3) is 0 Å². The van der Waals surface area contributed by atoms with Crippen molar-refractivity contribution in [3.8, 4) is 0 Å². The number of sulfonamides is 1. The first kappa shape index (κ1) is 14.6. The number of halogens is 1. The second-order valence-electron chi connectivity index (χ2n) is 4.06. The Morgan fingerprint density at radius 1 is 1.41 bits per heavy atom. The number of aliphatic hydroxyl groups excluding tert-OH is 1. The first-order valence-corrected chi connectivity index (χ1v) is 7.55. The zero-order valence-electron chi connectivity index (χ0n) is 9.72. The zero-order valence-corrected chi connectivity index (χ0v) is 12.1. The topological polar surface area (TPSA) is 66.4 Å². The van der Waals surface area contributed by atoms with E-state index in [0.717, 1.165) is 0 Å². The molecule has 0 heterocycles. The molecule has 1 rings (SSSR count). The Morgan fingerprint density at radius 2 is 2.06 bits per heavy atom. The van der Waals surface area contributed by atoms with Gasteiger partial charge in [-0.25, -0.2) is 13.1 Å². The average Bonchev–Trinajstić information content (AvgIpc) is 2.15. The van der Waals surface area contributed by atoms with E-state index in [1.807, 2.05) is 0 Å². The molecule has 1 aromatic carbocycles. The standard InChI is InChI=1S/C11H16BrNO3S/c1-8(6-9(2)14)13-17(15,16)11-5-3-4-10(12)7-11/h3-5,7-9,13-14H,6H2,1-2H3. The number of rotatable bonds is 5. The van der Waals surface area contributed by atoms with E-state index in [1.54, 1.807) is 26.0 Å². The van der Waals surface area contributed by atoms with Crippen molar-refractivity contribution in [2.45, 2.75) is 37.3 Å². The molecule has 0 aromatic heterocycles. The fraction of sp³-hybridized carbons (Fsp3) is 0.455. The molecule has 0 fully saturated rings. The van der Waals surface area contributed by atoms with Gasteiger partial charge in [0.05, 0.1) is 11.0 Å². The van der Waals surface area contributed by atoms with Crippen LogP contribution in [0.3, 0.4) is 0 Å². The summed E-state index contributed by atoms with van der Waals surface area (Å²) in [5.41, 5.74) is 0. The highest BCUT2D eigenvalue weighted by atomic mass is 79.9. The lowest BCUT2D eigenvalue weighted by molar-refractivity contribution is 0.175. The molecular weight excluding hydrogens is 306 g/mol. The third-order valence-corrected chi connectivity index (χ3v) is 4.24. The van der Waals surface area contributed by atoms with Crippen LogP contribution in [0.1, 0.15) is 20.3 Å². The largest absolute Gasteiger partial charge is 0.393 e. The summed E-state index contributed by atoms with van der Waals surface area (Å²) in [6, 6.07) is 6.19. The van der Waals surface area contributed by atoms with Crippen molar-refractivity contribution in [3.05, 3.63) is 28.7 Å². The smallest absolute Gasteiger partial charge is 0.240 e. The van der Waals surface area contributed by atoms with Crippen LogP contribution in [0.15, 0.2) is 33.6 Å². The van der Waals surface area contributed by atoms with E-state index < -0.39 is 16.1 Å². The molecule has 4 nitrogen and oxygen atoms in total. The van der Waals surface area contributed by atoms with Gasteiger partial charge in [0.2, 0.25) is 10.0 Å². The molecular formula is C11H16BrNO3S. The van der Waals surface area contributed by atoms with Crippen molar-refractivity contribution in [1.29, 1.82) is 0 Å². The van der Waals surface area contributed by atoms with E-state index in [1.165, 1.54) is 12.1 Å². The Balaban J connectivity index is 2.82. The second-order valence-corrected chi connectivity index (χ2v) is 6.69. The Kier molecular flexibility index (Phi) is 5.12. The fourth-order valence-electron chi connectivity index (χ4n) is 1.53. The van der Waals surface area contributed by atoms with Gasteiger partial charge in [-0.05, 0) is 38.5 Å². The van der Waals surface area contributed by atoms with Crippen molar-refractivity contribution in [3.63, 3.8) is 0 Å². The molecule has 1 aromatic rings. The maximum absolute atomic E-state index is 12.0. The van der Waals surface area contributed by atoms with Gasteiger partial charge in [-0.2, -0.15) is 0 Å². The molecule has 6 heteroatoms.